The quantitative estimate of drug-likeness (QED) is 0.0363. The highest BCUT2D eigenvalue weighted by Crippen LogP contribution is 2.16. The van der Waals surface area contributed by atoms with Crippen LogP contribution in [0.25, 0.3) is 0 Å². The molecule has 3 atom stereocenters. The van der Waals surface area contributed by atoms with E-state index in [2.05, 4.69) is 55.6 Å². The fourth-order valence-electron chi connectivity index (χ4n) is 8.12. The van der Waals surface area contributed by atoms with E-state index in [0.717, 1.165) is 44.9 Å². The molecule has 0 saturated carbocycles. The Morgan fingerprint density at radius 2 is 0.695 bits per heavy atom. The Bertz CT molecular complexity index is 916. The fourth-order valence-corrected chi connectivity index (χ4v) is 8.12. The lowest BCUT2D eigenvalue weighted by molar-refractivity contribution is -0.124. The van der Waals surface area contributed by atoms with Gasteiger partial charge in [0.05, 0.1) is 18.8 Å². The number of aliphatic hydroxyl groups excluding tert-OH is 3. The summed E-state index contributed by atoms with van der Waals surface area (Å²) in [4.78, 5) is 12.5. The van der Waals surface area contributed by atoms with Crippen LogP contribution >= 0.6 is 0 Å². The number of carbonyl (C=O) groups excluding carboxylic acids is 1. The maximum Gasteiger partial charge on any atom is 0.220 e. The molecule has 0 bridgehead atoms. The number of amides is 1. The van der Waals surface area contributed by atoms with Crippen molar-refractivity contribution in [1.29, 1.82) is 0 Å². The molecule has 0 aliphatic rings. The first-order valence-electron chi connectivity index (χ1n) is 26.3. The molecule has 0 aliphatic heterocycles. The van der Waals surface area contributed by atoms with Gasteiger partial charge in [0.25, 0.3) is 0 Å². The number of hydrogen-bond acceptors (Lipinski definition) is 4. The van der Waals surface area contributed by atoms with Crippen molar-refractivity contribution in [2.24, 2.45) is 0 Å². The number of nitrogens with one attached hydrogen (secondary N) is 1. The van der Waals surface area contributed by atoms with Crippen LogP contribution in [0.2, 0.25) is 0 Å². The van der Waals surface area contributed by atoms with Crippen molar-refractivity contribution >= 4 is 5.91 Å². The van der Waals surface area contributed by atoms with Gasteiger partial charge in [-0.25, -0.2) is 0 Å². The minimum Gasteiger partial charge on any atom is -0.394 e. The van der Waals surface area contributed by atoms with E-state index in [1.807, 2.05) is 0 Å². The van der Waals surface area contributed by atoms with Crippen molar-refractivity contribution in [2.45, 2.75) is 295 Å². The fraction of sp³-hybridized carbons (Fsp3) is 0.870. The van der Waals surface area contributed by atoms with Gasteiger partial charge in [-0.2, -0.15) is 0 Å². The minimum atomic E-state index is -1.17. The minimum absolute atomic E-state index is 0.156. The van der Waals surface area contributed by atoms with Gasteiger partial charge in [0.15, 0.2) is 0 Å². The Kier molecular flexibility index (Phi) is 48.0. The highest BCUT2D eigenvalue weighted by molar-refractivity contribution is 5.76. The zero-order chi connectivity index (χ0) is 43.0. The molecule has 0 spiro atoms. The van der Waals surface area contributed by atoms with Gasteiger partial charge in [-0.1, -0.05) is 230 Å². The van der Waals surface area contributed by atoms with Crippen LogP contribution in [0.4, 0.5) is 0 Å². The molecular formula is C54H103NO4. The van der Waals surface area contributed by atoms with Gasteiger partial charge >= 0.3 is 0 Å². The first kappa shape index (κ1) is 57.6. The topological polar surface area (TPSA) is 89.8 Å². The Hall–Kier alpha value is -1.43. The lowest BCUT2D eigenvalue weighted by atomic mass is 10.0. The number of aliphatic hydroxyl groups is 3. The molecule has 0 heterocycles. The van der Waals surface area contributed by atoms with Crippen LogP contribution in [0.3, 0.4) is 0 Å². The SMILES string of the molecule is CCCCCCCC/C=C/CC/C=C/CCCC(O)C(O)C(CO)NC(=O)CCCCCCCCCCCCCCCC/C=C\CCCCCCCCCCCCCC. The van der Waals surface area contributed by atoms with E-state index in [1.54, 1.807) is 0 Å². The van der Waals surface area contributed by atoms with Gasteiger partial charge in [0, 0.05) is 6.42 Å². The van der Waals surface area contributed by atoms with Gasteiger partial charge in [-0.05, 0) is 77.0 Å². The Balaban J connectivity index is 3.55. The molecule has 0 aromatic carbocycles. The third-order valence-electron chi connectivity index (χ3n) is 12.2. The normalized spacial score (nSPS) is 13.6. The summed E-state index contributed by atoms with van der Waals surface area (Å²) >= 11 is 0. The van der Waals surface area contributed by atoms with Crippen molar-refractivity contribution in [3.63, 3.8) is 0 Å². The van der Waals surface area contributed by atoms with E-state index < -0.39 is 18.2 Å². The molecule has 0 fully saturated rings. The summed E-state index contributed by atoms with van der Waals surface area (Å²) in [7, 11) is 0. The van der Waals surface area contributed by atoms with Gasteiger partial charge in [-0.3, -0.25) is 4.79 Å². The molecule has 0 radical (unpaired) electrons. The van der Waals surface area contributed by atoms with Gasteiger partial charge < -0.3 is 20.6 Å². The van der Waals surface area contributed by atoms with E-state index >= 15 is 0 Å². The standard InChI is InChI=1S/C54H103NO4/c1-3-5-7-9-11-13-15-17-19-20-21-22-23-24-25-26-27-28-29-30-31-32-33-35-37-39-41-43-45-47-49-53(58)55-51(50-56)54(59)52(57)48-46-44-42-40-38-36-34-18-16-14-12-10-8-6-4-2/h18,24-25,34,40,42,51-52,54,56-57,59H,3-17,19-23,26-33,35-39,41,43-50H2,1-2H3,(H,55,58)/b25-24-,34-18+,42-40+. The van der Waals surface area contributed by atoms with E-state index in [9.17, 15) is 20.1 Å². The molecule has 0 aromatic heterocycles. The second-order valence-corrected chi connectivity index (χ2v) is 18.1. The molecular weight excluding hydrogens is 727 g/mol. The summed E-state index contributed by atoms with van der Waals surface area (Å²) in [6, 6.07) is -0.831. The second kappa shape index (κ2) is 49.2. The lowest BCUT2D eigenvalue weighted by Crippen LogP contribution is -2.50. The predicted molar refractivity (Wildman–Crippen MR) is 259 cm³/mol. The van der Waals surface area contributed by atoms with Gasteiger partial charge in [0.2, 0.25) is 5.91 Å². The van der Waals surface area contributed by atoms with Gasteiger partial charge in [0.1, 0.15) is 6.10 Å². The monoisotopic (exact) mass is 830 g/mol. The first-order chi connectivity index (χ1) is 29.1. The molecule has 1 amide bonds. The Labute approximate surface area is 368 Å². The number of hydrogen-bond donors (Lipinski definition) is 4. The molecule has 5 nitrogen and oxygen atoms in total. The van der Waals surface area contributed by atoms with Crippen molar-refractivity contribution < 1.29 is 20.1 Å². The van der Waals surface area contributed by atoms with Crippen molar-refractivity contribution in [1.82, 2.24) is 5.32 Å². The summed E-state index contributed by atoms with van der Waals surface area (Å²) in [5.41, 5.74) is 0. The summed E-state index contributed by atoms with van der Waals surface area (Å²) in [5.74, 6) is -0.156. The van der Waals surface area contributed by atoms with Crippen LogP contribution < -0.4 is 5.32 Å². The zero-order valence-corrected chi connectivity index (χ0v) is 39.6. The van der Waals surface area contributed by atoms with Crippen molar-refractivity contribution in [2.75, 3.05) is 6.61 Å². The van der Waals surface area contributed by atoms with Crippen LogP contribution in [-0.4, -0.2) is 46.1 Å². The number of rotatable bonds is 48. The van der Waals surface area contributed by atoms with E-state index in [0.29, 0.717) is 12.8 Å². The predicted octanol–water partition coefficient (Wildman–Crippen LogP) is 15.9. The number of allylic oxidation sites excluding steroid dienone is 6. The molecule has 0 saturated heterocycles. The molecule has 0 aliphatic carbocycles. The number of unbranched alkanes of at least 4 members (excludes halogenated alkanes) is 34. The van der Waals surface area contributed by atoms with E-state index in [4.69, 9.17) is 0 Å². The van der Waals surface area contributed by atoms with Gasteiger partial charge in [-0.15, -0.1) is 0 Å². The smallest absolute Gasteiger partial charge is 0.220 e. The summed E-state index contributed by atoms with van der Waals surface area (Å²) < 4.78 is 0. The summed E-state index contributed by atoms with van der Waals surface area (Å²) in [6.45, 7) is 4.17. The first-order valence-corrected chi connectivity index (χ1v) is 26.3. The van der Waals surface area contributed by atoms with Crippen LogP contribution in [0.1, 0.15) is 277 Å². The molecule has 3 unspecified atom stereocenters. The highest BCUT2D eigenvalue weighted by Gasteiger charge is 2.26. The molecule has 0 rings (SSSR count). The zero-order valence-electron chi connectivity index (χ0n) is 39.6. The van der Waals surface area contributed by atoms with Crippen molar-refractivity contribution in [3.05, 3.63) is 36.5 Å². The molecule has 5 heteroatoms. The van der Waals surface area contributed by atoms with Crippen LogP contribution in [0, 0.1) is 0 Å². The van der Waals surface area contributed by atoms with Crippen molar-refractivity contribution in [3.8, 4) is 0 Å². The maximum atomic E-state index is 12.5. The number of carbonyl (C=O) groups is 1. The van der Waals surface area contributed by atoms with Crippen LogP contribution in [-0.2, 0) is 4.79 Å². The van der Waals surface area contributed by atoms with Crippen LogP contribution in [0.5, 0.6) is 0 Å². The summed E-state index contributed by atoms with van der Waals surface area (Å²) in [5, 5.41) is 33.6. The lowest BCUT2D eigenvalue weighted by Gasteiger charge is -2.26. The second-order valence-electron chi connectivity index (χ2n) is 18.1. The largest absolute Gasteiger partial charge is 0.394 e. The Morgan fingerprint density at radius 1 is 0.407 bits per heavy atom. The molecule has 59 heavy (non-hydrogen) atoms. The molecule has 0 aromatic rings. The van der Waals surface area contributed by atoms with Crippen LogP contribution in [0.15, 0.2) is 36.5 Å². The van der Waals surface area contributed by atoms with E-state index in [1.165, 1.54) is 205 Å². The maximum absolute atomic E-state index is 12.5. The highest BCUT2D eigenvalue weighted by atomic mass is 16.3. The third kappa shape index (κ3) is 44.4. The summed E-state index contributed by atoms with van der Waals surface area (Å²) in [6.07, 6.45) is 62.9. The third-order valence-corrected chi connectivity index (χ3v) is 12.2. The molecule has 348 valence electrons. The molecule has 4 N–H and O–H groups in total. The average molecular weight is 830 g/mol. The van der Waals surface area contributed by atoms with E-state index in [-0.39, 0.29) is 12.5 Å². The Morgan fingerprint density at radius 3 is 1.03 bits per heavy atom. The average Bonchev–Trinajstić information content (AvgIpc) is 3.24.